The van der Waals surface area contributed by atoms with Gasteiger partial charge in [0.05, 0.1) is 5.57 Å². The molecule has 2 aromatic rings. The number of carbonyl (C=O) groups excluding carboxylic acids is 2. The number of rotatable bonds is 4. The van der Waals surface area contributed by atoms with Gasteiger partial charge in [0, 0.05) is 15.6 Å². The van der Waals surface area contributed by atoms with Gasteiger partial charge >= 0.3 is 0 Å². The van der Waals surface area contributed by atoms with E-state index >= 15 is 0 Å². The summed E-state index contributed by atoms with van der Waals surface area (Å²) in [5.41, 5.74) is -0.0381. The third-order valence-electron chi connectivity index (χ3n) is 4.30. The van der Waals surface area contributed by atoms with Crippen LogP contribution in [0.1, 0.15) is 25.6 Å². The van der Waals surface area contributed by atoms with Crippen LogP contribution in [-0.2, 0) is 14.3 Å². The number of thiophene rings is 1. The Labute approximate surface area is 161 Å². The first-order chi connectivity index (χ1) is 12.3. The Balaban J connectivity index is 1.85. The van der Waals surface area contributed by atoms with Crippen LogP contribution in [0.25, 0.3) is 5.57 Å². The van der Waals surface area contributed by atoms with E-state index < -0.39 is 5.54 Å². The molecule has 0 fully saturated rings. The van der Waals surface area contributed by atoms with E-state index in [9.17, 15) is 9.59 Å². The molecule has 5 nitrogen and oxygen atoms in total. The highest BCUT2D eigenvalue weighted by atomic mass is 35.5. The molecule has 0 aliphatic carbocycles. The van der Waals surface area contributed by atoms with Crippen LogP contribution < -0.4 is 5.32 Å². The maximum atomic E-state index is 13.1. The molecule has 7 heteroatoms. The lowest BCUT2D eigenvalue weighted by Gasteiger charge is -2.40. The molecule has 26 heavy (non-hydrogen) atoms. The molecule has 2 amide bonds. The fourth-order valence-corrected chi connectivity index (χ4v) is 3.67. The van der Waals surface area contributed by atoms with Crippen molar-refractivity contribution in [3.8, 4) is 0 Å². The van der Waals surface area contributed by atoms with Gasteiger partial charge in [-0.25, -0.2) is 0 Å². The summed E-state index contributed by atoms with van der Waals surface area (Å²) >= 11 is 7.43. The maximum absolute atomic E-state index is 13.1. The lowest BCUT2D eigenvalue weighted by molar-refractivity contribution is -0.147. The lowest BCUT2D eigenvalue weighted by atomic mass is 9.99. The molecule has 0 saturated heterocycles. The zero-order valence-electron chi connectivity index (χ0n) is 14.7. The largest absolute Gasteiger partial charge is 0.477 e. The third-order valence-corrected chi connectivity index (χ3v) is 5.42. The Morgan fingerprint density at radius 1 is 1.31 bits per heavy atom. The molecule has 2 heterocycles. The highest BCUT2D eigenvalue weighted by molar-refractivity contribution is 7.11. The van der Waals surface area contributed by atoms with Crippen LogP contribution in [0.4, 0.5) is 5.69 Å². The Morgan fingerprint density at radius 2 is 2.08 bits per heavy atom. The van der Waals surface area contributed by atoms with Crippen LogP contribution in [0, 0.1) is 0 Å². The van der Waals surface area contributed by atoms with Crippen molar-refractivity contribution in [3.63, 3.8) is 0 Å². The van der Waals surface area contributed by atoms with Crippen molar-refractivity contribution in [2.45, 2.75) is 26.3 Å². The molecule has 0 bridgehead atoms. The second kappa shape index (κ2) is 7.13. The quantitative estimate of drug-likeness (QED) is 0.843. The van der Waals surface area contributed by atoms with Crippen molar-refractivity contribution in [1.82, 2.24) is 4.90 Å². The van der Waals surface area contributed by atoms with E-state index in [1.54, 1.807) is 45.0 Å². The van der Waals surface area contributed by atoms with Crippen molar-refractivity contribution in [2.75, 3.05) is 12.0 Å². The van der Waals surface area contributed by atoms with Crippen molar-refractivity contribution >= 4 is 46.0 Å². The van der Waals surface area contributed by atoms with Crippen molar-refractivity contribution < 1.29 is 14.3 Å². The third kappa shape index (κ3) is 3.48. The minimum absolute atomic E-state index is 0.0233. The number of hydrogen-bond donors (Lipinski definition) is 1. The molecular formula is C19H19ClN2O3S. The normalized spacial score (nSPS) is 15.1. The van der Waals surface area contributed by atoms with Crippen LogP contribution >= 0.6 is 22.9 Å². The van der Waals surface area contributed by atoms with Crippen LogP contribution in [-0.4, -0.2) is 29.0 Å². The van der Waals surface area contributed by atoms with Crippen molar-refractivity contribution in [2.24, 2.45) is 0 Å². The summed E-state index contributed by atoms with van der Waals surface area (Å²) in [5.74, 6) is 0.0315. The maximum Gasteiger partial charge on any atom is 0.262 e. The van der Waals surface area contributed by atoms with E-state index in [1.165, 1.54) is 16.2 Å². The van der Waals surface area contributed by atoms with Gasteiger partial charge in [0.2, 0.25) is 5.91 Å². The van der Waals surface area contributed by atoms with Gasteiger partial charge in [0.15, 0.2) is 6.73 Å². The van der Waals surface area contributed by atoms with E-state index in [-0.39, 0.29) is 18.5 Å². The molecule has 0 spiro atoms. The van der Waals surface area contributed by atoms with Crippen LogP contribution in [0.3, 0.4) is 0 Å². The molecule has 1 aromatic heterocycles. The second-order valence-corrected chi connectivity index (χ2v) is 7.82. The highest BCUT2D eigenvalue weighted by Gasteiger charge is 2.42. The van der Waals surface area contributed by atoms with Crippen molar-refractivity contribution in [1.29, 1.82) is 0 Å². The fourth-order valence-electron chi connectivity index (χ4n) is 2.67. The van der Waals surface area contributed by atoms with E-state index in [4.69, 9.17) is 16.3 Å². The number of amides is 2. The molecular weight excluding hydrogens is 372 g/mol. The molecule has 1 aliphatic heterocycles. The number of anilines is 1. The number of hydrogen-bond acceptors (Lipinski definition) is 4. The molecule has 1 N–H and O–H groups in total. The second-order valence-electron chi connectivity index (χ2n) is 6.44. The highest BCUT2D eigenvalue weighted by Crippen LogP contribution is 2.33. The minimum atomic E-state index is -1.11. The zero-order chi connectivity index (χ0) is 18.9. The number of benzene rings is 1. The molecule has 0 radical (unpaired) electrons. The topological polar surface area (TPSA) is 58.6 Å². The summed E-state index contributed by atoms with van der Waals surface area (Å²) in [6, 6.07) is 10.6. The molecule has 0 saturated carbocycles. The van der Waals surface area contributed by atoms with Gasteiger partial charge in [-0.2, -0.15) is 0 Å². The Kier molecular flexibility index (Phi) is 5.07. The van der Waals surface area contributed by atoms with Crippen LogP contribution in [0.2, 0.25) is 5.02 Å². The molecule has 0 atom stereocenters. The van der Waals surface area contributed by atoms with Gasteiger partial charge in [-0.3, -0.25) is 14.5 Å². The minimum Gasteiger partial charge on any atom is -0.477 e. The summed E-state index contributed by atoms with van der Waals surface area (Å²) in [7, 11) is 0. The smallest absolute Gasteiger partial charge is 0.262 e. The number of allylic oxidation sites excluding steroid dienone is 1. The SMILES string of the molecule is CC1=C(c2cccs2)C(=O)N(C(C)(C)C(=O)Nc2cccc(Cl)c2)CO1. The van der Waals surface area contributed by atoms with Crippen LogP contribution in [0.5, 0.6) is 0 Å². The van der Waals surface area contributed by atoms with Gasteiger partial charge in [-0.1, -0.05) is 23.7 Å². The van der Waals surface area contributed by atoms with Gasteiger partial charge in [0.1, 0.15) is 11.3 Å². The number of carbonyl (C=O) groups is 2. The first-order valence-electron chi connectivity index (χ1n) is 8.07. The average molecular weight is 391 g/mol. The Morgan fingerprint density at radius 3 is 2.73 bits per heavy atom. The molecule has 3 rings (SSSR count). The predicted molar refractivity (Wildman–Crippen MR) is 104 cm³/mol. The van der Waals surface area contributed by atoms with Gasteiger partial charge in [-0.05, 0) is 50.4 Å². The summed E-state index contributed by atoms with van der Waals surface area (Å²) in [4.78, 5) is 28.2. The number of halogens is 1. The zero-order valence-corrected chi connectivity index (χ0v) is 16.3. The predicted octanol–water partition coefficient (Wildman–Crippen LogP) is 4.37. The van der Waals surface area contributed by atoms with Gasteiger partial charge in [0.25, 0.3) is 5.91 Å². The van der Waals surface area contributed by atoms with Gasteiger partial charge in [-0.15, -0.1) is 11.3 Å². The molecule has 1 aromatic carbocycles. The average Bonchev–Trinajstić information content (AvgIpc) is 3.08. The van der Waals surface area contributed by atoms with E-state index in [0.29, 0.717) is 22.0 Å². The van der Waals surface area contributed by atoms with Crippen LogP contribution in [0.15, 0.2) is 47.5 Å². The summed E-state index contributed by atoms with van der Waals surface area (Å²) in [6.07, 6.45) is 0. The first kappa shape index (κ1) is 18.5. The molecule has 1 aliphatic rings. The van der Waals surface area contributed by atoms with E-state index in [1.807, 2.05) is 17.5 Å². The standard InChI is InChI=1S/C19H19ClN2O3S/c1-12-16(15-8-5-9-26-15)17(23)22(11-25-12)19(2,3)18(24)21-14-7-4-6-13(20)10-14/h4-10H,11H2,1-3H3,(H,21,24). The summed E-state index contributed by atoms with van der Waals surface area (Å²) < 4.78 is 5.69. The molecule has 0 unspecified atom stereocenters. The summed E-state index contributed by atoms with van der Waals surface area (Å²) in [5, 5.41) is 5.24. The Hall–Kier alpha value is -2.31. The number of ether oxygens (including phenoxy) is 1. The summed E-state index contributed by atoms with van der Waals surface area (Å²) in [6.45, 7) is 5.18. The Bertz CT molecular complexity index is 875. The first-order valence-corrected chi connectivity index (χ1v) is 9.33. The lowest BCUT2D eigenvalue weighted by Crippen LogP contribution is -2.57. The van der Waals surface area contributed by atoms with Gasteiger partial charge < -0.3 is 10.1 Å². The van der Waals surface area contributed by atoms with E-state index in [0.717, 1.165) is 4.88 Å². The number of nitrogens with zero attached hydrogens (tertiary/aromatic N) is 1. The van der Waals surface area contributed by atoms with E-state index in [2.05, 4.69) is 5.32 Å². The van der Waals surface area contributed by atoms with Crippen molar-refractivity contribution in [3.05, 3.63) is 57.4 Å². The monoisotopic (exact) mass is 390 g/mol. The fraction of sp³-hybridized carbons (Fsp3) is 0.263. The number of nitrogens with one attached hydrogen (secondary N) is 1. The molecule has 136 valence electrons.